The van der Waals surface area contributed by atoms with Crippen LogP contribution in [0, 0.1) is 11.3 Å². The highest BCUT2D eigenvalue weighted by atomic mass is 32.2. The summed E-state index contributed by atoms with van der Waals surface area (Å²) in [4.78, 5) is 13.6. The normalized spacial score (nSPS) is 13.0. The van der Waals surface area contributed by atoms with Crippen molar-refractivity contribution >= 4 is 34.0 Å². The van der Waals surface area contributed by atoms with Crippen LogP contribution in [-0.4, -0.2) is 31.9 Å². The van der Waals surface area contributed by atoms with Crippen molar-refractivity contribution in [3.8, 4) is 11.8 Å². The summed E-state index contributed by atoms with van der Waals surface area (Å²) in [7, 11) is 0. The number of anilines is 1. The number of thioether (sulfide) groups is 1. The maximum atomic E-state index is 12.4. The molecule has 0 aliphatic heterocycles. The van der Waals surface area contributed by atoms with E-state index in [4.69, 9.17) is 0 Å². The van der Waals surface area contributed by atoms with E-state index in [9.17, 15) is 10.1 Å². The number of hydrogen-bond acceptors (Lipinski definition) is 7. The van der Waals surface area contributed by atoms with Crippen LogP contribution in [0.15, 0.2) is 35.5 Å². The van der Waals surface area contributed by atoms with Crippen LogP contribution >= 0.6 is 23.1 Å². The van der Waals surface area contributed by atoms with Gasteiger partial charge >= 0.3 is 0 Å². The number of thiophene rings is 1. The lowest BCUT2D eigenvalue weighted by Crippen LogP contribution is -2.12. The summed E-state index contributed by atoms with van der Waals surface area (Å²) in [5, 5.41) is 25.5. The van der Waals surface area contributed by atoms with Crippen LogP contribution in [0.5, 0.6) is 0 Å². The zero-order chi connectivity index (χ0) is 19.3. The van der Waals surface area contributed by atoms with E-state index in [-0.39, 0.29) is 5.91 Å². The Hall–Kier alpha value is -2.70. The van der Waals surface area contributed by atoms with Gasteiger partial charge in [0.25, 0.3) is 0 Å². The molecule has 0 unspecified atom stereocenters. The standard InChI is InChI=1S/C19H18N6OS2/c20-12-15-14-8-4-5-9-16(14)28-18(15)21-17(26)10-11-27-19-22-23-24-25(19)13-6-2-1-3-7-13/h1-3,6-7H,4-5,8-11H2,(H,21,26). The van der Waals surface area contributed by atoms with Gasteiger partial charge in [-0.05, 0) is 53.8 Å². The number of carbonyl (C=O) groups excluding carboxylic acids is 1. The third-order valence-corrected chi connectivity index (χ3v) is 6.67. The molecule has 1 aliphatic rings. The third-order valence-electron chi connectivity index (χ3n) is 4.54. The maximum absolute atomic E-state index is 12.4. The summed E-state index contributed by atoms with van der Waals surface area (Å²) in [6, 6.07) is 11.9. The van der Waals surface area contributed by atoms with Crippen molar-refractivity contribution in [1.82, 2.24) is 20.2 Å². The molecule has 142 valence electrons. The number of tetrazole rings is 1. The largest absolute Gasteiger partial charge is 0.317 e. The highest BCUT2D eigenvalue weighted by Gasteiger charge is 2.21. The molecule has 1 amide bonds. The molecule has 2 aromatic heterocycles. The second-order valence-electron chi connectivity index (χ2n) is 6.38. The molecule has 9 heteroatoms. The van der Waals surface area contributed by atoms with Crippen molar-refractivity contribution in [3.05, 3.63) is 46.3 Å². The number of hydrogen-bond donors (Lipinski definition) is 1. The second kappa shape index (κ2) is 8.54. The van der Waals surface area contributed by atoms with Gasteiger partial charge in [-0.25, -0.2) is 0 Å². The fraction of sp³-hybridized carbons (Fsp3) is 0.316. The van der Waals surface area contributed by atoms with Gasteiger partial charge < -0.3 is 5.32 Å². The summed E-state index contributed by atoms with van der Waals surface area (Å²) in [5.74, 6) is 0.452. The van der Waals surface area contributed by atoms with E-state index in [2.05, 4.69) is 26.9 Å². The number of rotatable bonds is 6. The monoisotopic (exact) mass is 410 g/mol. The Morgan fingerprint density at radius 1 is 1.29 bits per heavy atom. The van der Waals surface area contributed by atoms with Gasteiger partial charge in [-0.1, -0.05) is 30.0 Å². The molecule has 1 aliphatic carbocycles. The molecule has 0 radical (unpaired) electrons. The van der Waals surface area contributed by atoms with E-state index in [1.807, 2.05) is 30.3 Å². The van der Waals surface area contributed by atoms with Crippen LogP contribution < -0.4 is 5.32 Å². The third kappa shape index (κ3) is 3.93. The summed E-state index contributed by atoms with van der Waals surface area (Å²) < 4.78 is 1.66. The summed E-state index contributed by atoms with van der Waals surface area (Å²) in [5.41, 5.74) is 2.65. The Morgan fingerprint density at radius 2 is 2.11 bits per heavy atom. The van der Waals surface area contributed by atoms with Gasteiger partial charge in [0.15, 0.2) is 0 Å². The topological polar surface area (TPSA) is 96.5 Å². The number of amides is 1. The first-order valence-corrected chi connectivity index (χ1v) is 10.9. The number of aryl methyl sites for hydroxylation is 1. The summed E-state index contributed by atoms with van der Waals surface area (Å²) >= 11 is 2.98. The number of aromatic nitrogens is 4. The van der Waals surface area contributed by atoms with Crippen molar-refractivity contribution in [2.24, 2.45) is 0 Å². The van der Waals surface area contributed by atoms with Gasteiger partial charge in [0.05, 0.1) is 11.3 Å². The number of fused-ring (bicyclic) bond motifs is 1. The van der Waals surface area contributed by atoms with E-state index < -0.39 is 0 Å². The lowest BCUT2D eigenvalue weighted by molar-refractivity contribution is -0.115. The molecule has 0 saturated carbocycles. The van der Waals surface area contributed by atoms with E-state index >= 15 is 0 Å². The number of nitriles is 1. The Kier molecular flexibility index (Phi) is 5.69. The molecule has 3 aromatic rings. The van der Waals surface area contributed by atoms with Gasteiger partial charge in [-0.15, -0.1) is 16.4 Å². The van der Waals surface area contributed by atoms with Crippen LogP contribution in [0.4, 0.5) is 5.00 Å². The molecule has 1 aromatic carbocycles. The fourth-order valence-electron chi connectivity index (χ4n) is 3.20. The highest BCUT2D eigenvalue weighted by molar-refractivity contribution is 7.99. The molecule has 0 bridgehead atoms. The highest BCUT2D eigenvalue weighted by Crippen LogP contribution is 2.37. The molecular weight excluding hydrogens is 392 g/mol. The maximum Gasteiger partial charge on any atom is 0.225 e. The van der Waals surface area contributed by atoms with E-state index in [1.54, 1.807) is 16.0 Å². The van der Waals surface area contributed by atoms with Crippen LogP contribution in [0.1, 0.15) is 35.3 Å². The van der Waals surface area contributed by atoms with Crippen LogP contribution in [0.25, 0.3) is 5.69 Å². The Bertz CT molecular complexity index is 1020. The lowest BCUT2D eigenvalue weighted by atomic mass is 9.96. The first-order chi connectivity index (χ1) is 13.8. The molecule has 0 atom stereocenters. The molecular formula is C19H18N6OS2. The molecule has 0 fully saturated rings. The fourth-order valence-corrected chi connectivity index (χ4v) is 5.28. The molecule has 28 heavy (non-hydrogen) atoms. The van der Waals surface area contributed by atoms with E-state index in [0.29, 0.717) is 27.9 Å². The predicted octanol–water partition coefficient (Wildman–Crippen LogP) is 3.60. The Labute approximate surface area is 170 Å². The second-order valence-corrected chi connectivity index (χ2v) is 8.55. The van der Waals surface area contributed by atoms with Crippen LogP contribution in [0.3, 0.4) is 0 Å². The van der Waals surface area contributed by atoms with Crippen molar-refractivity contribution in [1.29, 1.82) is 5.26 Å². The average molecular weight is 411 g/mol. The Balaban J connectivity index is 1.36. The smallest absolute Gasteiger partial charge is 0.225 e. The number of benzene rings is 1. The summed E-state index contributed by atoms with van der Waals surface area (Å²) in [6.07, 6.45) is 4.52. The van der Waals surface area contributed by atoms with Crippen molar-refractivity contribution in [2.45, 2.75) is 37.3 Å². The quantitative estimate of drug-likeness (QED) is 0.624. The van der Waals surface area contributed by atoms with Crippen LogP contribution in [-0.2, 0) is 17.6 Å². The van der Waals surface area contributed by atoms with E-state index in [1.165, 1.54) is 16.6 Å². The number of carbonyl (C=O) groups is 1. The van der Waals surface area contributed by atoms with Gasteiger partial charge in [0, 0.05) is 17.1 Å². The average Bonchev–Trinajstić information content (AvgIpc) is 3.32. The number of nitrogens with one attached hydrogen (secondary N) is 1. The zero-order valence-electron chi connectivity index (χ0n) is 15.1. The number of para-hydroxylation sites is 1. The lowest BCUT2D eigenvalue weighted by Gasteiger charge is -2.09. The van der Waals surface area contributed by atoms with E-state index in [0.717, 1.165) is 36.9 Å². The molecule has 0 saturated heterocycles. The zero-order valence-corrected chi connectivity index (χ0v) is 16.7. The minimum Gasteiger partial charge on any atom is -0.317 e. The van der Waals surface area contributed by atoms with Gasteiger partial charge in [0.1, 0.15) is 11.1 Å². The Morgan fingerprint density at radius 3 is 2.93 bits per heavy atom. The number of nitrogens with zero attached hydrogens (tertiary/aromatic N) is 5. The van der Waals surface area contributed by atoms with Crippen LogP contribution in [0.2, 0.25) is 0 Å². The minimum absolute atomic E-state index is 0.0960. The first kappa shape index (κ1) is 18.7. The summed E-state index contributed by atoms with van der Waals surface area (Å²) in [6.45, 7) is 0. The molecule has 2 heterocycles. The van der Waals surface area contributed by atoms with Gasteiger partial charge in [0.2, 0.25) is 11.1 Å². The van der Waals surface area contributed by atoms with Crippen molar-refractivity contribution in [2.75, 3.05) is 11.1 Å². The minimum atomic E-state index is -0.0960. The van der Waals surface area contributed by atoms with Gasteiger partial charge in [-0.3, -0.25) is 4.79 Å². The van der Waals surface area contributed by atoms with Crippen molar-refractivity contribution < 1.29 is 4.79 Å². The van der Waals surface area contributed by atoms with Crippen molar-refractivity contribution in [3.63, 3.8) is 0 Å². The molecule has 7 nitrogen and oxygen atoms in total. The molecule has 0 spiro atoms. The molecule has 1 N–H and O–H groups in total. The predicted molar refractivity (Wildman–Crippen MR) is 109 cm³/mol. The molecule has 4 rings (SSSR count). The SMILES string of the molecule is N#Cc1c(NC(=O)CCSc2nnnn2-c2ccccc2)sc2c1CCCC2. The first-order valence-electron chi connectivity index (χ1n) is 9.07. The van der Waals surface area contributed by atoms with Gasteiger partial charge in [-0.2, -0.15) is 9.94 Å².